The lowest BCUT2D eigenvalue weighted by molar-refractivity contribution is -0.116. The Bertz CT molecular complexity index is 1420. The first-order valence-corrected chi connectivity index (χ1v) is 14.2. The van der Waals surface area contributed by atoms with E-state index in [2.05, 4.69) is 33.9 Å². The summed E-state index contributed by atoms with van der Waals surface area (Å²) < 4.78 is 2.05. The van der Waals surface area contributed by atoms with Crippen molar-refractivity contribution in [2.24, 2.45) is 4.99 Å². The fraction of sp³-hybridized carbons (Fsp3) is 0.333. The van der Waals surface area contributed by atoms with Gasteiger partial charge in [0.15, 0.2) is 5.82 Å². The van der Waals surface area contributed by atoms with Gasteiger partial charge < -0.3 is 5.32 Å². The molecule has 1 atom stereocenters. The van der Waals surface area contributed by atoms with Crippen LogP contribution in [0.4, 0.5) is 5.69 Å². The Morgan fingerprint density at radius 3 is 2.21 bits per heavy atom. The van der Waals surface area contributed by atoms with Crippen molar-refractivity contribution in [1.29, 1.82) is 0 Å². The van der Waals surface area contributed by atoms with E-state index in [-0.39, 0.29) is 12.3 Å². The molecule has 1 amide bonds. The largest absolute Gasteiger partial charge is 0.326 e. The van der Waals surface area contributed by atoms with Gasteiger partial charge in [0.05, 0.1) is 12.1 Å². The molecule has 0 fully saturated rings. The van der Waals surface area contributed by atoms with E-state index >= 15 is 0 Å². The van der Waals surface area contributed by atoms with E-state index in [0.29, 0.717) is 10.8 Å². The molecule has 0 unspecified atom stereocenters. The summed E-state index contributed by atoms with van der Waals surface area (Å²) in [6.45, 7) is 16.2. The molecule has 1 aliphatic heterocycles. The van der Waals surface area contributed by atoms with E-state index in [0.717, 1.165) is 44.5 Å². The van der Waals surface area contributed by atoms with E-state index < -0.39 is 6.04 Å². The molecule has 1 N–H and O–H groups in total. The van der Waals surface area contributed by atoms with Gasteiger partial charge in [-0.3, -0.25) is 14.4 Å². The molecule has 0 radical (unpaired) electrons. The van der Waals surface area contributed by atoms with E-state index in [4.69, 9.17) is 16.6 Å². The van der Waals surface area contributed by atoms with E-state index in [1.165, 1.54) is 4.88 Å². The molecule has 3 heterocycles. The number of hydrogen-bond donors (Lipinski definition) is 1. The predicted molar refractivity (Wildman–Crippen MR) is 160 cm³/mol. The maximum Gasteiger partial charge on any atom is 0.227 e. The van der Waals surface area contributed by atoms with Crippen molar-refractivity contribution in [2.45, 2.75) is 67.9 Å². The van der Waals surface area contributed by atoms with Crippen LogP contribution in [0.25, 0.3) is 5.00 Å². The maximum absolute atomic E-state index is 13.1. The van der Waals surface area contributed by atoms with Crippen LogP contribution in [0.3, 0.4) is 0 Å². The normalized spacial score (nSPS) is 13.5. The summed E-state index contributed by atoms with van der Waals surface area (Å²) in [5.74, 6) is 1.32. The van der Waals surface area contributed by atoms with E-state index in [9.17, 15) is 4.79 Å². The Kier molecular flexibility index (Phi) is 10.00. The highest BCUT2D eigenvalue weighted by Crippen LogP contribution is 2.39. The number of carbonyl (C=O) groups is 1. The van der Waals surface area contributed by atoms with Crippen LogP contribution in [0.2, 0.25) is 5.02 Å². The molecule has 0 saturated carbocycles. The van der Waals surface area contributed by atoms with Gasteiger partial charge in [-0.2, -0.15) is 0 Å². The quantitative estimate of drug-likeness (QED) is 0.279. The zero-order chi connectivity index (χ0) is 28.0. The van der Waals surface area contributed by atoms with Crippen molar-refractivity contribution < 1.29 is 4.79 Å². The van der Waals surface area contributed by atoms with Crippen LogP contribution in [-0.4, -0.2) is 26.4 Å². The molecule has 8 heteroatoms. The van der Waals surface area contributed by atoms with E-state index in [1.54, 1.807) is 11.3 Å². The van der Waals surface area contributed by atoms with Crippen LogP contribution >= 0.6 is 22.9 Å². The van der Waals surface area contributed by atoms with Gasteiger partial charge in [0.1, 0.15) is 16.9 Å². The van der Waals surface area contributed by atoms with Crippen LogP contribution < -0.4 is 5.32 Å². The summed E-state index contributed by atoms with van der Waals surface area (Å²) in [5.41, 5.74) is 5.90. The van der Waals surface area contributed by atoms with Crippen LogP contribution in [0.1, 0.15) is 78.9 Å². The van der Waals surface area contributed by atoms with Gasteiger partial charge in [0, 0.05) is 26.7 Å². The topological polar surface area (TPSA) is 72.2 Å². The minimum absolute atomic E-state index is 0.126. The number of aliphatic imine (C=N–C) groups is 1. The number of halogens is 1. The van der Waals surface area contributed by atoms with Crippen LogP contribution in [0.15, 0.2) is 53.5 Å². The number of carbonyl (C=O) groups excluding carboxylic acids is 1. The molecule has 38 heavy (non-hydrogen) atoms. The van der Waals surface area contributed by atoms with Crippen molar-refractivity contribution in [1.82, 2.24) is 14.8 Å². The summed E-state index contributed by atoms with van der Waals surface area (Å²) >= 11 is 7.86. The molecule has 4 aromatic rings. The molecule has 0 spiro atoms. The number of aromatic nitrogens is 3. The van der Waals surface area contributed by atoms with Gasteiger partial charge in [-0.05, 0) is 57.5 Å². The predicted octanol–water partition coefficient (Wildman–Crippen LogP) is 8.19. The van der Waals surface area contributed by atoms with Crippen molar-refractivity contribution >= 4 is 40.2 Å². The maximum atomic E-state index is 13.1. The van der Waals surface area contributed by atoms with Crippen LogP contribution in [0, 0.1) is 27.7 Å². The minimum atomic E-state index is -0.489. The number of anilines is 1. The molecule has 6 nitrogen and oxygen atoms in total. The molecule has 1 aliphatic rings. The Balaban J connectivity index is 0.000000956. The summed E-state index contributed by atoms with van der Waals surface area (Å²) in [6.07, 6.45) is 0.149. The summed E-state index contributed by atoms with van der Waals surface area (Å²) in [7, 11) is 0. The number of amides is 1. The number of aryl methyl sites for hydroxylation is 3. The van der Waals surface area contributed by atoms with Crippen molar-refractivity contribution in [3.05, 3.63) is 92.3 Å². The van der Waals surface area contributed by atoms with Gasteiger partial charge in [-0.15, -0.1) is 21.5 Å². The number of hydrogen-bond acceptors (Lipinski definition) is 5. The molecule has 200 valence electrons. The second-order valence-corrected chi connectivity index (χ2v) is 10.2. The van der Waals surface area contributed by atoms with Gasteiger partial charge in [-0.1, -0.05) is 69.1 Å². The average molecular weight is 550 g/mol. The highest BCUT2D eigenvalue weighted by molar-refractivity contribution is 7.15. The fourth-order valence-corrected chi connectivity index (χ4v) is 5.50. The van der Waals surface area contributed by atoms with Gasteiger partial charge in [-0.25, -0.2) is 0 Å². The standard InChI is InChI=1S/C26H24ClN5OS.2C2H6/c1-14-5-11-20(12-6-14)28-22(33)13-21-25-31-30-17(4)32(25)26-23(15(2)16(3)34-26)24(29-21)18-7-9-19(27)10-8-18;2*1-2/h5-12,21H,13H2,1-4H3,(H,28,33);2*1-2H3/t21-;;/m0../s1. The molecule has 5 rings (SSSR count). The Labute approximate surface area is 234 Å². The average Bonchev–Trinajstić information content (AvgIpc) is 3.40. The first-order valence-electron chi connectivity index (χ1n) is 13.0. The van der Waals surface area contributed by atoms with Crippen molar-refractivity contribution in [3.63, 3.8) is 0 Å². The minimum Gasteiger partial charge on any atom is -0.326 e. The molecule has 0 saturated heterocycles. The third-order valence-electron chi connectivity index (χ3n) is 6.07. The fourth-order valence-electron chi connectivity index (χ4n) is 4.16. The SMILES string of the molecule is CC.CC.Cc1ccc(NC(=O)C[C@@H]2N=C(c3ccc(Cl)cc3)c3c(sc(C)c3C)-n3c(C)nnc32)cc1. The third kappa shape index (κ3) is 6.05. The van der Waals surface area contributed by atoms with Crippen molar-refractivity contribution in [2.75, 3.05) is 5.32 Å². The third-order valence-corrected chi connectivity index (χ3v) is 7.52. The second kappa shape index (κ2) is 13.0. The monoisotopic (exact) mass is 549 g/mol. The molecular formula is C30H36ClN5OS. The van der Waals surface area contributed by atoms with Gasteiger partial charge in [0.2, 0.25) is 5.91 Å². The summed E-state index contributed by atoms with van der Waals surface area (Å²) in [6, 6.07) is 14.9. The molecule has 0 bridgehead atoms. The Morgan fingerprint density at radius 1 is 0.947 bits per heavy atom. The molecular weight excluding hydrogens is 514 g/mol. The smallest absolute Gasteiger partial charge is 0.227 e. The highest BCUT2D eigenvalue weighted by atomic mass is 35.5. The lowest BCUT2D eigenvalue weighted by Crippen LogP contribution is -2.17. The second-order valence-electron chi connectivity index (χ2n) is 8.52. The highest BCUT2D eigenvalue weighted by Gasteiger charge is 2.32. The summed E-state index contributed by atoms with van der Waals surface area (Å²) in [4.78, 5) is 19.4. The Morgan fingerprint density at radius 2 is 1.58 bits per heavy atom. The number of nitrogens with zero attached hydrogens (tertiary/aromatic N) is 4. The van der Waals surface area contributed by atoms with Crippen LogP contribution in [0.5, 0.6) is 0 Å². The zero-order valence-corrected chi connectivity index (χ0v) is 25.0. The number of rotatable bonds is 4. The lowest BCUT2D eigenvalue weighted by Gasteiger charge is -2.13. The van der Waals surface area contributed by atoms with Gasteiger partial charge in [0.25, 0.3) is 0 Å². The molecule has 2 aromatic carbocycles. The summed E-state index contributed by atoms with van der Waals surface area (Å²) in [5, 5.41) is 13.5. The number of fused-ring (bicyclic) bond motifs is 3. The van der Waals surface area contributed by atoms with Crippen molar-refractivity contribution in [3.8, 4) is 5.00 Å². The first kappa shape index (κ1) is 29.3. The number of benzene rings is 2. The number of nitrogens with one attached hydrogen (secondary N) is 1. The number of thiophene rings is 1. The van der Waals surface area contributed by atoms with E-state index in [1.807, 2.05) is 90.1 Å². The molecule has 2 aromatic heterocycles. The zero-order valence-electron chi connectivity index (χ0n) is 23.4. The Hall–Kier alpha value is -3.29. The molecule has 0 aliphatic carbocycles. The van der Waals surface area contributed by atoms with Gasteiger partial charge >= 0.3 is 0 Å². The lowest BCUT2D eigenvalue weighted by atomic mass is 9.99. The first-order chi connectivity index (χ1) is 18.3. The van der Waals surface area contributed by atoms with Crippen LogP contribution in [-0.2, 0) is 4.79 Å².